The fourth-order valence-electron chi connectivity index (χ4n) is 2.71. The molecule has 0 aromatic rings. The summed E-state index contributed by atoms with van der Waals surface area (Å²) in [5.41, 5.74) is 0.500. The van der Waals surface area contributed by atoms with E-state index in [1.54, 1.807) is 0 Å². The molecule has 2 aliphatic heterocycles. The molecule has 16 heavy (non-hydrogen) atoms. The molecule has 0 aromatic carbocycles. The third kappa shape index (κ3) is 3.72. The molecule has 94 valence electrons. The minimum Gasteiger partial charge on any atom is -0.377 e. The maximum Gasteiger partial charge on any atom is 0.0699 e. The maximum atomic E-state index is 5.73. The molecule has 0 aliphatic carbocycles. The fraction of sp³-hybridized carbons (Fsp3) is 1.00. The molecule has 0 bridgehead atoms. The van der Waals surface area contributed by atoms with Crippen LogP contribution in [-0.4, -0.2) is 38.9 Å². The normalized spacial score (nSPS) is 30.2. The second-order valence-electron chi connectivity index (χ2n) is 5.68. The number of piperidine rings is 1. The van der Waals surface area contributed by atoms with Crippen LogP contribution in [0.4, 0.5) is 0 Å². The molecule has 0 radical (unpaired) electrons. The second kappa shape index (κ2) is 5.99. The summed E-state index contributed by atoms with van der Waals surface area (Å²) in [5.74, 6) is 0. The number of hydrogen-bond donors (Lipinski definition) is 2. The molecule has 2 rings (SSSR count). The second-order valence-corrected chi connectivity index (χ2v) is 5.68. The lowest BCUT2D eigenvalue weighted by Crippen LogP contribution is -2.43. The highest BCUT2D eigenvalue weighted by Crippen LogP contribution is 2.26. The van der Waals surface area contributed by atoms with E-state index in [1.807, 2.05) is 0 Å². The zero-order chi connectivity index (χ0) is 11.3. The summed E-state index contributed by atoms with van der Waals surface area (Å²) in [5, 5.41) is 7.04. The zero-order valence-electron chi connectivity index (χ0n) is 10.6. The smallest absolute Gasteiger partial charge is 0.0699 e. The molecule has 3 heteroatoms. The van der Waals surface area contributed by atoms with Gasteiger partial charge in [0.05, 0.1) is 6.10 Å². The Morgan fingerprint density at radius 2 is 2.12 bits per heavy atom. The minimum atomic E-state index is 0.471. The van der Waals surface area contributed by atoms with Crippen molar-refractivity contribution in [1.82, 2.24) is 10.6 Å². The van der Waals surface area contributed by atoms with E-state index < -0.39 is 0 Å². The SMILES string of the molecule is CC1(CNCC2CCCCO2)CCNCC1. The third-order valence-corrected chi connectivity index (χ3v) is 4.01. The van der Waals surface area contributed by atoms with Crippen LogP contribution in [0.1, 0.15) is 39.0 Å². The van der Waals surface area contributed by atoms with Crippen molar-refractivity contribution in [1.29, 1.82) is 0 Å². The van der Waals surface area contributed by atoms with Gasteiger partial charge in [-0.3, -0.25) is 0 Å². The molecular weight excluding hydrogens is 200 g/mol. The Bertz CT molecular complexity index is 196. The van der Waals surface area contributed by atoms with Crippen LogP contribution in [0, 0.1) is 5.41 Å². The highest BCUT2D eigenvalue weighted by molar-refractivity contribution is 4.83. The van der Waals surface area contributed by atoms with Gasteiger partial charge < -0.3 is 15.4 Å². The maximum absolute atomic E-state index is 5.73. The van der Waals surface area contributed by atoms with Gasteiger partial charge in [-0.1, -0.05) is 6.92 Å². The molecule has 2 fully saturated rings. The van der Waals surface area contributed by atoms with E-state index in [2.05, 4.69) is 17.6 Å². The minimum absolute atomic E-state index is 0.471. The van der Waals surface area contributed by atoms with E-state index in [9.17, 15) is 0 Å². The molecule has 2 saturated heterocycles. The van der Waals surface area contributed by atoms with Gasteiger partial charge >= 0.3 is 0 Å². The first-order valence-electron chi connectivity index (χ1n) is 6.82. The van der Waals surface area contributed by atoms with Gasteiger partial charge in [-0.05, 0) is 50.6 Å². The van der Waals surface area contributed by atoms with Gasteiger partial charge in [0.1, 0.15) is 0 Å². The van der Waals surface area contributed by atoms with Crippen LogP contribution >= 0.6 is 0 Å². The van der Waals surface area contributed by atoms with Crippen LogP contribution in [0.3, 0.4) is 0 Å². The molecular formula is C13H26N2O. The fourth-order valence-corrected chi connectivity index (χ4v) is 2.71. The van der Waals surface area contributed by atoms with Crippen molar-refractivity contribution in [3.63, 3.8) is 0 Å². The van der Waals surface area contributed by atoms with Gasteiger partial charge in [-0.25, -0.2) is 0 Å². The third-order valence-electron chi connectivity index (χ3n) is 4.01. The average Bonchev–Trinajstić information content (AvgIpc) is 2.31. The van der Waals surface area contributed by atoms with Crippen molar-refractivity contribution in [2.75, 3.05) is 32.8 Å². The number of hydrogen-bond acceptors (Lipinski definition) is 3. The van der Waals surface area contributed by atoms with Gasteiger partial charge in [-0.2, -0.15) is 0 Å². The lowest BCUT2D eigenvalue weighted by Gasteiger charge is -2.35. The monoisotopic (exact) mass is 226 g/mol. The molecule has 1 unspecified atom stereocenters. The Kier molecular flexibility index (Phi) is 4.62. The Balaban J connectivity index is 1.62. The average molecular weight is 226 g/mol. The first kappa shape index (κ1) is 12.3. The van der Waals surface area contributed by atoms with Gasteiger partial charge in [0, 0.05) is 19.7 Å². The van der Waals surface area contributed by atoms with Crippen molar-refractivity contribution >= 4 is 0 Å². The highest BCUT2D eigenvalue weighted by atomic mass is 16.5. The van der Waals surface area contributed by atoms with Crippen molar-refractivity contribution in [3.05, 3.63) is 0 Å². The predicted molar refractivity (Wildman–Crippen MR) is 66.7 cm³/mol. The van der Waals surface area contributed by atoms with E-state index in [4.69, 9.17) is 4.74 Å². The van der Waals surface area contributed by atoms with Gasteiger partial charge in [0.2, 0.25) is 0 Å². The summed E-state index contributed by atoms with van der Waals surface area (Å²) in [6.45, 7) is 7.92. The molecule has 2 heterocycles. The first-order valence-corrected chi connectivity index (χ1v) is 6.82. The summed E-state index contributed by atoms with van der Waals surface area (Å²) >= 11 is 0. The highest BCUT2D eigenvalue weighted by Gasteiger charge is 2.26. The lowest BCUT2D eigenvalue weighted by atomic mass is 9.81. The van der Waals surface area contributed by atoms with E-state index in [1.165, 1.54) is 45.2 Å². The quantitative estimate of drug-likeness (QED) is 0.763. The summed E-state index contributed by atoms with van der Waals surface area (Å²) < 4.78 is 5.73. The molecule has 1 atom stereocenters. The van der Waals surface area contributed by atoms with Crippen LogP contribution in [0.5, 0.6) is 0 Å². The Labute approximate surface area is 99.3 Å². The number of nitrogens with one attached hydrogen (secondary N) is 2. The molecule has 0 aromatic heterocycles. The van der Waals surface area contributed by atoms with Crippen LogP contribution in [0.2, 0.25) is 0 Å². The van der Waals surface area contributed by atoms with Gasteiger partial charge in [0.15, 0.2) is 0 Å². The first-order chi connectivity index (χ1) is 7.79. The Hall–Kier alpha value is -0.120. The summed E-state index contributed by atoms with van der Waals surface area (Å²) in [6.07, 6.45) is 6.90. The van der Waals surface area contributed by atoms with E-state index in [-0.39, 0.29) is 0 Å². The zero-order valence-corrected chi connectivity index (χ0v) is 10.6. The van der Waals surface area contributed by atoms with Crippen molar-refractivity contribution in [3.8, 4) is 0 Å². The van der Waals surface area contributed by atoms with Crippen molar-refractivity contribution < 1.29 is 4.74 Å². The van der Waals surface area contributed by atoms with Crippen LogP contribution in [0.15, 0.2) is 0 Å². The Morgan fingerprint density at radius 1 is 1.31 bits per heavy atom. The molecule has 2 aliphatic rings. The molecule has 0 amide bonds. The van der Waals surface area contributed by atoms with Crippen LogP contribution in [-0.2, 0) is 4.74 Å². The Morgan fingerprint density at radius 3 is 2.81 bits per heavy atom. The largest absolute Gasteiger partial charge is 0.377 e. The van der Waals surface area contributed by atoms with Crippen LogP contribution < -0.4 is 10.6 Å². The molecule has 2 N–H and O–H groups in total. The predicted octanol–water partition coefficient (Wildman–Crippen LogP) is 1.53. The van der Waals surface area contributed by atoms with Crippen LogP contribution in [0.25, 0.3) is 0 Å². The summed E-state index contributed by atoms with van der Waals surface area (Å²) in [4.78, 5) is 0. The van der Waals surface area contributed by atoms with E-state index in [0.29, 0.717) is 11.5 Å². The van der Waals surface area contributed by atoms with E-state index >= 15 is 0 Å². The van der Waals surface area contributed by atoms with Crippen molar-refractivity contribution in [2.24, 2.45) is 5.41 Å². The standard InChI is InChI=1S/C13H26N2O/c1-13(5-7-14-8-6-13)11-15-10-12-4-2-3-9-16-12/h12,14-15H,2-11H2,1H3. The van der Waals surface area contributed by atoms with E-state index in [0.717, 1.165) is 19.7 Å². The van der Waals surface area contributed by atoms with Crippen molar-refractivity contribution in [2.45, 2.75) is 45.1 Å². The number of rotatable bonds is 4. The summed E-state index contributed by atoms with van der Waals surface area (Å²) in [7, 11) is 0. The number of ether oxygens (including phenoxy) is 1. The molecule has 0 saturated carbocycles. The lowest BCUT2D eigenvalue weighted by molar-refractivity contribution is 0.0151. The topological polar surface area (TPSA) is 33.3 Å². The summed E-state index contributed by atoms with van der Waals surface area (Å²) in [6, 6.07) is 0. The van der Waals surface area contributed by atoms with Gasteiger partial charge in [-0.15, -0.1) is 0 Å². The van der Waals surface area contributed by atoms with Gasteiger partial charge in [0.25, 0.3) is 0 Å². The molecule has 0 spiro atoms. The molecule has 3 nitrogen and oxygen atoms in total.